The zero-order chi connectivity index (χ0) is 20.6. The van der Waals surface area contributed by atoms with Crippen LogP contribution in [0.2, 0.25) is 0 Å². The van der Waals surface area contributed by atoms with Crippen LogP contribution < -0.4 is 20.7 Å². The summed E-state index contributed by atoms with van der Waals surface area (Å²) in [6, 6.07) is 9.59. The first kappa shape index (κ1) is 19.7. The van der Waals surface area contributed by atoms with Gasteiger partial charge < -0.3 is 20.3 Å². The number of amides is 1. The van der Waals surface area contributed by atoms with Crippen LogP contribution in [0.15, 0.2) is 36.5 Å². The van der Waals surface area contributed by atoms with E-state index in [2.05, 4.69) is 9.88 Å². The predicted octanol–water partition coefficient (Wildman–Crippen LogP) is 1.83. The summed E-state index contributed by atoms with van der Waals surface area (Å²) in [4.78, 5) is 26.7. The summed E-state index contributed by atoms with van der Waals surface area (Å²) in [5.74, 6) is 1.14. The molecule has 1 fully saturated rings. The summed E-state index contributed by atoms with van der Waals surface area (Å²) in [7, 11) is 1.75. The molecule has 152 valence electrons. The lowest BCUT2D eigenvalue weighted by molar-refractivity contribution is -0.128. The molecule has 4 N–H and O–H groups in total. The third kappa shape index (κ3) is 3.06. The van der Waals surface area contributed by atoms with Gasteiger partial charge in [-0.2, -0.15) is 0 Å². The van der Waals surface area contributed by atoms with E-state index >= 15 is 0 Å². The fraction of sp³-hybridized carbons (Fsp3) is 0.350. The molecule has 2 aliphatic rings. The van der Waals surface area contributed by atoms with Crippen molar-refractivity contribution in [2.24, 2.45) is 10.9 Å². The molecule has 0 spiro atoms. The number of morpholine rings is 1. The third-order valence-corrected chi connectivity index (χ3v) is 6.26. The highest BCUT2D eigenvalue weighted by Crippen LogP contribution is 2.42. The van der Waals surface area contributed by atoms with Crippen molar-refractivity contribution in [3.05, 3.63) is 47.9 Å². The molecule has 1 aromatic carbocycles. The second kappa shape index (κ2) is 7.66. The van der Waals surface area contributed by atoms with Crippen molar-refractivity contribution >= 4 is 40.0 Å². The Hall–Kier alpha value is -2.62. The van der Waals surface area contributed by atoms with Crippen LogP contribution in [0.3, 0.4) is 0 Å². The molecule has 0 aliphatic carbocycles. The third-order valence-electron chi connectivity index (χ3n) is 5.62. The van der Waals surface area contributed by atoms with E-state index in [4.69, 9.17) is 20.6 Å². The number of aromatic nitrogens is 2. The second-order valence-corrected chi connectivity index (χ2v) is 7.73. The lowest BCUT2D eigenvalue weighted by atomic mass is 9.89. The lowest BCUT2D eigenvalue weighted by Crippen LogP contribution is -2.68. The summed E-state index contributed by atoms with van der Waals surface area (Å²) in [5, 5.41) is 5.95. The maximum absolute atomic E-state index is 13.1. The minimum atomic E-state index is -0.754. The molecular formula is C20H24N6O2S. The number of rotatable bonds is 4. The van der Waals surface area contributed by atoms with E-state index in [1.807, 2.05) is 37.3 Å². The summed E-state index contributed by atoms with van der Waals surface area (Å²) < 4.78 is 5.68. The highest BCUT2D eigenvalue weighted by molar-refractivity contribution is 8.06. The summed E-state index contributed by atoms with van der Waals surface area (Å²) in [6.45, 7) is 3.46. The average Bonchev–Trinajstić information content (AvgIpc) is 2.78. The van der Waals surface area contributed by atoms with Crippen LogP contribution in [-0.4, -0.2) is 48.2 Å². The molecule has 3 heterocycles. The smallest absolute Gasteiger partial charge is 0.255 e. The van der Waals surface area contributed by atoms with Crippen molar-refractivity contribution in [2.45, 2.75) is 18.9 Å². The fourth-order valence-corrected chi connectivity index (χ4v) is 4.39. The first-order chi connectivity index (χ1) is 14.0. The van der Waals surface area contributed by atoms with Crippen molar-refractivity contribution in [2.75, 3.05) is 36.6 Å². The number of hydrogen-bond acceptors (Lipinski definition) is 8. The van der Waals surface area contributed by atoms with Crippen molar-refractivity contribution in [1.29, 1.82) is 0 Å². The molecule has 8 nitrogen and oxygen atoms in total. The van der Waals surface area contributed by atoms with E-state index in [9.17, 15) is 4.79 Å². The van der Waals surface area contributed by atoms with Gasteiger partial charge in [0.1, 0.15) is 11.2 Å². The Morgan fingerprint density at radius 1 is 1.34 bits per heavy atom. The molecule has 0 radical (unpaired) electrons. The zero-order valence-corrected chi connectivity index (χ0v) is 17.3. The molecule has 2 aromatic rings. The molecule has 9 heteroatoms. The average molecular weight is 413 g/mol. The SMILES string of the molecule is CCC12COCCN1c1nc(/C(SN)=C(/N)c3ccccc3)ncc1N(C)C2=O. The fourth-order valence-electron chi connectivity index (χ4n) is 3.94. The van der Waals surface area contributed by atoms with Crippen LogP contribution in [0.1, 0.15) is 24.7 Å². The van der Waals surface area contributed by atoms with Gasteiger partial charge in [0.15, 0.2) is 11.6 Å². The van der Waals surface area contributed by atoms with Crippen LogP contribution in [0.25, 0.3) is 10.6 Å². The number of hydrogen-bond donors (Lipinski definition) is 2. The zero-order valence-electron chi connectivity index (χ0n) is 16.5. The molecule has 0 saturated carbocycles. The minimum Gasteiger partial charge on any atom is -0.397 e. The number of likely N-dealkylation sites (N-methyl/N-ethyl adjacent to an activating group) is 1. The van der Waals surface area contributed by atoms with Gasteiger partial charge in [-0.3, -0.25) is 9.93 Å². The molecule has 1 atom stereocenters. The van der Waals surface area contributed by atoms with Crippen molar-refractivity contribution < 1.29 is 9.53 Å². The van der Waals surface area contributed by atoms with Gasteiger partial charge in [-0.15, -0.1) is 0 Å². The van der Waals surface area contributed by atoms with Crippen LogP contribution in [-0.2, 0) is 9.53 Å². The topological polar surface area (TPSA) is 111 Å². The number of nitrogens with zero attached hydrogens (tertiary/aromatic N) is 4. The quantitative estimate of drug-likeness (QED) is 0.732. The molecule has 1 saturated heterocycles. The van der Waals surface area contributed by atoms with Gasteiger partial charge in [-0.25, -0.2) is 9.97 Å². The van der Waals surface area contributed by atoms with Crippen LogP contribution >= 0.6 is 11.9 Å². The first-order valence-corrected chi connectivity index (χ1v) is 10.3. The molecule has 2 aliphatic heterocycles. The highest BCUT2D eigenvalue weighted by Gasteiger charge is 2.52. The minimum absolute atomic E-state index is 0.00341. The number of nitrogens with two attached hydrogens (primary N) is 2. The Bertz CT molecular complexity index is 967. The standard InChI is InChI=1S/C20H24N6O2S/c1-3-20-12-28-10-9-26(20)18-14(25(2)19(20)27)11-23-17(24-18)16(29-22)15(21)13-7-5-4-6-8-13/h4-8,11H,3,9-10,12,21-22H2,1-2H3/b16-15-. The molecule has 0 bridgehead atoms. The van der Waals surface area contributed by atoms with Crippen molar-refractivity contribution in [3.63, 3.8) is 0 Å². The van der Waals surface area contributed by atoms with E-state index < -0.39 is 5.54 Å². The Morgan fingerprint density at radius 2 is 2.10 bits per heavy atom. The number of fused-ring (bicyclic) bond motifs is 3. The normalized spacial score (nSPS) is 22.1. The maximum Gasteiger partial charge on any atom is 0.255 e. The summed E-state index contributed by atoms with van der Waals surface area (Å²) in [6.07, 6.45) is 2.29. The molecular weight excluding hydrogens is 388 g/mol. The van der Waals surface area contributed by atoms with Crippen LogP contribution in [0, 0.1) is 0 Å². The lowest BCUT2D eigenvalue weighted by Gasteiger charge is -2.51. The van der Waals surface area contributed by atoms with Gasteiger partial charge in [0.05, 0.1) is 30.0 Å². The van der Waals surface area contributed by atoms with E-state index in [0.29, 0.717) is 54.1 Å². The number of anilines is 2. The number of carbonyl (C=O) groups is 1. The van der Waals surface area contributed by atoms with E-state index in [1.54, 1.807) is 18.1 Å². The number of ether oxygens (including phenoxy) is 1. The van der Waals surface area contributed by atoms with Crippen LogP contribution in [0.5, 0.6) is 0 Å². The van der Waals surface area contributed by atoms with Gasteiger partial charge in [-0.05, 0) is 23.9 Å². The first-order valence-electron chi connectivity index (χ1n) is 9.46. The van der Waals surface area contributed by atoms with Crippen molar-refractivity contribution in [3.8, 4) is 0 Å². The van der Waals surface area contributed by atoms with Gasteiger partial charge in [0.25, 0.3) is 5.91 Å². The Balaban J connectivity index is 1.86. The molecule has 1 unspecified atom stereocenters. The molecule has 1 aromatic heterocycles. The number of benzene rings is 1. The Kier molecular flexibility index (Phi) is 5.20. The van der Waals surface area contributed by atoms with Crippen molar-refractivity contribution in [1.82, 2.24) is 9.97 Å². The molecule has 4 rings (SSSR count). The monoisotopic (exact) mass is 412 g/mol. The maximum atomic E-state index is 13.1. The highest BCUT2D eigenvalue weighted by atomic mass is 32.2. The van der Waals surface area contributed by atoms with E-state index in [0.717, 1.165) is 17.5 Å². The van der Waals surface area contributed by atoms with E-state index in [1.165, 1.54) is 0 Å². The largest absolute Gasteiger partial charge is 0.397 e. The number of carbonyl (C=O) groups excluding carboxylic acids is 1. The molecule has 29 heavy (non-hydrogen) atoms. The van der Waals surface area contributed by atoms with Gasteiger partial charge in [-0.1, -0.05) is 37.3 Å². The van der Waals surface area contributed by atoms with Gasteiger partial charge in [0.2, 0.25) is 0 Å². The predicted molar refractivity (Wildman–Crippen MR) is 116 cm³/mol. The second-order valence-electron chi connectivity index (χ2n) is 7.08. The Morgan fingerprint density at radius 3 is 2.79 bits per heavy atom. The molecule has 1 amide bonds. The van der Waals surface area contributed by atoms with Gasteiger partial charge in [0, 0.05) is 13.6 Å². The van der Waals surface area contributed by atoms with Crippen LogP contribution in [0.4, 0.5) is 11.5 Å². The summed E-state index contributed by atoms with van der Waals surface area (Å²) in [5.41, 5.74) is 7.67. The van der Waals surface area contributed by atoms with E-state index in [-0.39, 0.29) is 5.91 Å². The van der Waals surface area contributed by atoms with Gasteiger partial charge >= 0.3 is 0 Å². The summed E-state index contributed by atoms with van der Waals surface area (Å²) >= 11 is 1.02. The Labute approximate surface area is 174 Å².